The highest BCUT2D eigenvalue weighted by molar-refractivity contribution is 5.96. The Balaban J connectivity index is 1.52. The number of para-hydroxylation sites is 1. The Hall–Kier alpha value is -2.89. The fourth-order valence-electron chi connectivity index (χ4n) is 4.45. The van der Waals surface area contributed by atoms with Crippen molar-refractivity contribution in [1.29, 1.82) is 0 Å². The number of nitrogens with zero attached hydrogens (tertiary/aromatic N) is 3. The number of benzene rings is 1. The molecule has 2 aromatic heterocycles. The van der Waals surface area contributed by atoms with Crippen LogP contribution in [0.15, 0.2) is 24.3 Å². The molecule has 0 fully saturated rings. The number of aromatic nitrogens is 3. The molecule has 28 heavy (non-hydrogen) atoms. The smallest absolute Gasteiger partial charge is 0.225 e. The maximum atomic E-state index is 13.0. The van der Waals surface area contributed by atoms with E-state index in [2.05, 4.69) is 22.2 Å². The number of carbonyl (C=O) groups is 2. The third kappa shape index (κ3) is 3.03. The lowest BCUT2D eigenvalue weighted by atomic mass is 10.0. The molecule has 1 N–H and O–H groups in total. The molecule has 1 atom stereocenters. The van der Waals surface area contributed by atoms with E-state index in [9.17, 15) is 9.59 Å². The fraction of sp³-hybridized carbons (Fsp3) is 0.409. The van der Waals surface area contributed by atoms with E-state index >= 15 is 0 Å². The fourth-order valence-corrected chi connectivity index (χ4v) is 4.45. The molecular weight excluding hydrogens is 352 g/mol. The summed E-state index contributed by atoms with van der Waals surface area (Å²) in [6.45, 7) is 8.66. The van der Waals surface area contributed by atoms with Crippen molar-refractivity contribution in [2.45, 2.75) is 53.1 Å². The minimum atomic E-state index is -0.0938. The summed E-state index contributed by atoms with van der Waals surface area (Å²) in [7, 11) is 0. The van der Waals surface area contributed by atoms with Crippen molar-refractivity contribution in [1.82, 2.24) is 19.7 Å². The Labute approximate surface area is 164 Å². The highest BCUT2D eigenvalue weighted by Crippen LogP contribution is 2.28. The summed E-state index contributed by atoms with van der Waals surface area (Å²) in [6, 6.07) is 8.16. The SMILES string of the molecule is CC(=O)c1c(C)nn(C(C)CC(=O)N2CCc3[nH]c4ccccc4c3C2)c1C. The second-order valence-corrected chi connectivity index (χ2v) is 7.79. The summed E-state index contributed by atoms with van der Waals surface area (Å²) in [4.78, 5) is 30.3. The van der Waals surface area contributed by atoms with Crippen LogP contribution in [0.5, 0.6) is 0 Å². The van der Waals surface area contributed by atoms with E-state index in [1.54, 1.807) is 6.92 Å². The molecular formula is C22H26N4O2. The first-order chi connectivity index (χ1) is 13.4. The van der Waals surface area contributed by atoms with Gasteiger partial charge in [0, 0.05) is 53.8 Å². The second kappa shape index (κ2) is 6.93. The van der Waals surface area contributed by atoms with Gasteiger partial charge in [0.1, 0.15) is 0 Å². The van der Waals surface area contributed by atoms with Crippen molar-refractivity contribution in [2.24, 2.45) is 0 Å². The molecule has 3 aromatic rings. The molecule has 1 aromatic carbocycles. The average molecular weight is 378 g/mol. The van der Waals surface area contributed by atoms with E-state index < -0.39 is 0 Å². The molecule has 146 valence electrons. The molecule has 0 aliphatic carbocycles. The number of Topliss-reactive ketones (excluding diaryl/α,β-unsaturated/α-hetero) is 1. The van der Waals surface area contributed by atoms with Crippen molar-refractivity contribution < 1.29 is 9.59 Å². The molecule has 0 spiro atoms. The van der Waals surface area contributed by atoms with Crippen molar-refractivity contribution >= 4 is 22.6 Å². The number of amides is 1. The minimum absolute atomic E-state index is 0.0164. The number of aryl methyl sites for hydroxylation is 1. The Bertz CT molecular complexity index is 1080. The van der Waals surface area contributed by atoms with Gasteiger partial charge in [-0.2, -0.15) is 5.10 Å². The minimum Gasteiger partial charge on any atom is -0.358 e. The van der Waals surface area contributed by atoms with Gasteiger partial charge in [0.2, 0.25) is 5.91 Å². The Morgan fingerprint density at radius 1 is 1.25 bits per heavy atom. The van der Waals surface area contributed by atoms with Gasteiger partial charge in [0.15, 0.2) is 5.78 Å². The second-order valence-electron chi connectivity index (χ2n) is 7.79. The zero-order valence-electron chi connectivity index (χ0n) is 16.9. The van der Waals surface area contributed by atoms with E-state index in [0.717, 1.165) is 29.9 Å². The molecule has 4 rings (SSSR count). The van der Waals surface area contributed by atoms with Crippen LogP contribution < -0.4 is 0 Å². The number of H-pyrrole nitrogens is 1. The number of fused-ring (bicyclic) bond motifs is 3. The zero-order chi connectivity index (χ0) is 20.0. The zero-order valence-corrected chi connectivity index (χ0v) is 16.9. The first-order valence-corrected chi connectivity index (χ1v) is 9.79. The van der Waals surface area contributed by atoms with E-state index in [-0.39, 0.29) is 17.7 Å². The number of hydrogen-bond donors (Lipinski definition) is 1. The monoisotopic (exact) mass is 378 g/mol. The average Bonchev–Trinajstić information content (AvgIpc) is 3.17. The molecule has 3 heterocycles. The lowest BCUT2D eigenvalue weighted by molar-refractivity contribution is -0.132. The number of nitrogens with one attached hydrogen (secondary N) is 1. The summed E-state index contributed by atoms with van der Waals surface area (Å²) < 4.78 is 1.82. The number of ketones is 1. The molecule has 1 aliphatic rings. The number of aromatic amines is 1. The molecule has 6 nitrogen and oxygen atoms in total. The molecule has 6 heteroatoms. The van der Waals surface area contributed by atoms with Crippen molar-refractivity contribution in [3.05, 3.63) is 52.5 Å². The largest absolute Gasteiger partial charge is 0.358 e. The van der Waals surface area contributed by atoms with Crippen LogP contribution in [0.2, 0.25) is 0 Å². The van der Waals surface area contributed by atoms with Gasteiger partial charge in [-0.25, -0.2) is 0 Å². The molecule has 0 saturated heterocycles. The number of carbonyl (C=O) groups excluding carboxylic acids is 2. The number of hydrogen-bond acceptors (Lipinski definition) is 3. The van der Waals surface area contributed by atoms with Crippen LogP contribution in [0.25, 0.3) is 10.9 Å². The highest BCUT2D eigenvalue weighted by atomic mass is 16.2. The van der Waals surface area contributed by atoms with E-state index in [1.165, 1.54) is 16.6 Å². The molecule has 0 radical (unpaired) electrons. The molecule has 1 amide bonds. The maximum absolute atomic E-state index is 13.0. The van der Waals surface area contributed by atoms with Crippen LogP contribution in [0, 0.1) is 13.8 Å². The van der Waals surface area contributed by atoms with Crippen molar-refractivity contribution in [2.75, 3.05) is 6.54 Å². The van der Waals surface area contributed by atoms with Gasteiger partial charge >= 0.3 is 0 Å². The molecule has 1 aliphatic heterocycles. The first-order valence-electron chi connectivity index (χ1n) is 9.79. The Morgan fingerprint density at radius 3 is 2.71 bits per heavy atom. The van der Waals surface area contributed by atoms with Gasteiger partial charge in [-0.05, 0) is 33.8 Å². The first kappa shape index (κ1) is 18.5. The standard InChI is InChI=1S/C22H26N4O2/c1-13(26-15(3)22(16(4)27)14(2)24-26)11-21(28)25-10-9-20-18(12-25)17-7-5-6-8-19(17)23-20/h5-8,13,23H,9-12H2,1-4H3. The Kier molecular flexibility index (Phi) is 4.57. The van der Waals surface area contributed by atoms with Crippen LogP contribution >= 0.6 is 0 Å². The molecule has 0 bridgehead atoms. The molecule has 0 saturated carbocycles. The lowest BCUT2D eigenvalue weighted by Crippen LogP contribution is -2.36. The summed E-state index contributed by atoms with van der Waals surface area (Å²) in [6.07, 6.45) is 1.22. The van der Waals surface area contributed by atoms with Crippen LogP contribution in [0.1, 0.15) is 59.3 Å². The van der Waals surface area contributed by atoms with Gasteiger partial charge in [0.25, 0.3) is 0 Å². The van der Waals surface area contributed by atoms with Gasteiger partial charge < -0.3 is 9.88 Å². The highest BCUT2D eigenvalue weighted by Gasteiger charge is 2.26. The summed E-state index contributed by atoms with van der Waals surface area (Å²) in [5, 5.41) is 5.72. The maximum Gasteiger partial charge on any atom is 0.225 e. The van der Waals surface area contributed by atoms with Crippen molar-refractivity contribution in [3.63, 3.8) is 0 Å². The van der Waals surface area contributed by atoms with Crippen molar-refractivity contribution in [3.8, 4) is 0 Å². The Morgan fingerprint density at radius 2 is 2.00 bits per heavy atom. The quantitative estimate of drug-likeness (QED) is 0.704. The van der Waals surface area contributed by atoms with Gasteiger partial charge in [0.05, 0.1) is 17.3 Å². The predicted octanol–water partition coefficient (Wildman–Crippen LogP) is 3.72. The topological polar surface area (TPSA) is 71.0 Å². The summed E-state index contributed by atoms with van der Waals surface area (Å²) in [5.41, 5.74) is 5.83. The van der Waals surface area contributed by atoms with Crippen LogP contribution in [-0.2, 0) is 17.8 Å². The van der Waals surface area contributed by atoms with Crippen LogP contribution in [0.3, 0.4) is 0 Å². The third-order valence-electron chi connectivity index (χ3n) is 5.80. The third-order valence-corrected chi connectivity index (χ3v) is 5.80. The van der Waals surface area contributed by atoms with Gasteiger partial charge in [-0.1, -0.05) is 18.2 Å². The summed E-state index contributed by atoms with van der Waals surface area (Å²) in [5.74, 6) is 0.142. The summed E-state index contributed by atoms with van der Waals surface area (Å²) >= 11 is 0. The molecule has 1 unspecified atom stereocenters. The van der Waals surface area contributed by atoms with E-state index in [0.29, 0.717) is 18.5 Å². The predicted molar refractivity (Wildman–Crippen MR) is 108 cm³/mol. The van der Waals surface area contributed by atoms with Gasteiger partial charge in [-0.3, -0.25) is 14.3 Å². The van der Waals surface area contributed by atoms with E-state index in [1.807, 2.05) is 42.5 Å². The lowest BCUT2D eigenvalue weighted by Gasteiger charge is -2.28. The normalized spacial score (nSPS) is 14.9. The number of rotatable bonds is 4. The van der Waals surface area contributed by atoms with Crippen LogP contribution in [0.4, 0.5) is 0 Å². The van der Waals surface area contributed by atoms with Crippen LogP contribution in [-0.4, -0.2) is 37.9 Å². The van der Waals surface area contributed by atoms with Gasteiger partial charge in [-0.15, -0.1) is 0 Å². The van der Waals surface area contributed by atoms with E-state index in [4.69, 9.17) is 0 Å².